The topological polar surface area (TPSA) is 91.4 Å². The van der Waals surface area contributed by atoms with Crippen LogP contribution in [-0.2, 0) is 22.1 Å². The summed E-state index contributed by atoms with van der Waals surface area (Å²) in [7, 11) is 4.93. The van der Waals surface area contributed by atoms with Crippen molar-refractivity contribution in [3.8, 4) is 0 Å². The van der Waals surface area contributed by atoms with Gasteiger partial charge in [0.05, 0.1) is 6.61 Å². The largest absolute Gasteiger partial charge is 0.421 e. The molecular weight excluding hydrogens is 413 g/mol. The molecule has 2 aromatic rings. The van der Waals surface area contributed by atoms with Crippen molar-refractivity contribution in [2.75, 3.05) is 43.8 Å². The van der Waals surface area contributed by atoms with Gasteiger partial charge in [-0.15, -0.1) is 0 Å². The van der Waals surface area contributed by atoms with Crippen molar-refractivity contribution in [3.63, 3.8) is 0 Å². The lowest BCUT2D eigenvalue weighted by Gasteiger charge is -2.37. The molecule has 1 atom stereocenters. The minimum atomic E-state index is -4.63. The van der Waals surface area contributed by atoms with Crippen molar-refractivity contribution in [2.24, 2.45) is 0 Å². The maximum atomic E-state index is 13.6. The van der Waals surface area contributed by atoms with Gasteiger partial charge in [-0.2, -0.15) is 18.2 Å². The number of carbonyl (C=O) groups excluding carboxylic acids is 1. The summed E-state index contributed by atoms with van der Waals surface area (Å²) in [6.07, 6.45) is -2.93. The van der Waals surface area contributed by atoms with Crippen molar-refractivity contribution in [2.45, 2.75) is 31.6 Å². The number of aromatic nitrogens is 2. The van der Waals surface area contributed by atoms with Crippen LogP contribution in [0.2, 0.25) is 0 Å². The van der Waals surface area contributed by atoms with Crippen LogP contribution in [0.3, 0.4) is 0 Å². The number of alkyl halides is 3. The average molecular weight is 438 g/mol. The summed E-state index contributed by atoms with van der Waals surface area (Å²) in [5.41, 5.74) is 0.335. The summed E-state index contributed by atoms with van der Waals surface area (Å²) < 4.78 is 45.9. The number of nitrogens with one attached hydrogen (secondary N) is 3. The summed E-state index contributed by atoms with van der Waals surface area (Å²) in [5, 5.41) is 8.58. The molecular formula is C20H25F3N6O2. The molecule has 3 N–H and O–H groups in total. The molecule has 0 radical (unpaired) electrons. The summed E-state index contributed by atoms with van der Waals surface area (Å²) in [5.74, 6) is -0.396. The van der Waals surface area contributed by atoms with Crippen molar-refractivity contribution >= 4 is 29.0 Å². The summed E-state index contributed by atoms with van der Waals surface area (Å²) >= 11 is 0. The molecule has 1 aromatic heterocycles. The fourth-order valence-electron chi connectivity index (χ4n) is 3.15. The fourth-order valence-corrected chi connectivity index (χ4v) is 3.15. The third kappa shape index (κ3) is 5.23. The van der Waals surface area contributed by atoms with Crippen molar-refractivity contribution in [3.05, 3.63) is 35.5 Å². The number of hydrogen-bond donors (Lipinski definition) is 3. The first-order valence-corrected chi connectivity index (χ1v) is 9.60. The molecule has 0 aliphatic carbocycles. The van der Waals surface area contributed by atoms with Crippen LogP contribution in [0.25, 0.3) is 0 Å². The van der Waals surface area contributed by atoms with Gasteiger partial charge in [0.1, 0.15) is 17.0 Å². The first-order valence-electron chi connectivity index (χ1n) is 9.60. The highest BCUT2D eigenvalue weighted by molar-refractivity contribution is 5.94. The Morgan fingerprint density at radius 2 is 2.00 bits per heavy atom. The highest BCUT2D eigenvalue weighted by atomic mass is 19.4. The Morgan fingerprint density at radius 1 is 1.26 bits per heavy atom. The number of carbonyl (C=O) groups is 1. The number of hydrogen-bond acceptors (Lipinski definition) is 7. The molecule has 2 heterocycles. The van der Waals surface area contributed by atoms with Gasteiger partial charge in [0.25, 0.3) is 0 Å². The minimum Gasteiger partial charge on any atom is -0.381 e. The third-order valence-electron chi connectivity index (χ3n) is 5.15. The Labute approximate surface area is 178 Å². The van der Waals surface area contributed by atoms with E-state index in [1.54, 1.807) is 38.1 Å². The molecule has 0 saturated heterocycles. The number of amides is 1. The predicted molar refractivity (Wildman–Crippen MR) is 111 cm³/mol. The molecule has 11 heteroatoms. The minimum absolute atomic E-state index is 0.00816. The van der Waals surface area contributed by atoms with E-state index >= 15 is 0 Å². The fraction of sp³-hybridized carbons (Fsp3) is 0.450. The lowest BCUT2D eigenvalue weighted by molar-refractivity contribution is -0.137. The van der Waals surface area contributed by atoms with Gasteiger partial charge in [0, 0.05) is 31.1 Å². The highest BCUT2D eigenvalue weighted by Crippen LogP contribution is 2.35. The van der Waals surface area contributed by atoms with Crippen LogP contribution in [0.1, 0.15) is 24.5 Å². The number of fused-ring (bicyclic) bond motifs is 1. The summed E-state index contributed by atoms with van der Waals surface area (Å²) in [6, 6.07) is 5.25. The lowest BCUT2D eigenvalue weighted by atomic mass is 10.0. The molecule has 31 heavy (non-hydrogen) atoms. The smallest absolute Gasteiger partial charge is 0.381 e. The molecule has 168 valence electrons. The number of rotatable bonds is 7. The molecule has 1 aliphatic heterocycles. The summed E-state index contributed by atoms with van der Waals surface area (Å²) in [4.78, 5) is 21.2. The second-order valence-electron chi connectivity index (χ2n) is 7.73. The van der Waals surface area contributed by atoms with Crippen molar-refractivity contribution in [1.82, 2.24) is 14.9 Å². The SMILES string of the molecule is COCC(C)(Nc1nc(Nc2ccc3c(c2)CCC(=O)N3)ncc1C(F)(F)F)N(C)C. The highest BCUT2D eigenvalue weighted by Gasteiger charge is 2.38. The van der Waals surface area contributed by atoms with Crippen LogP contribution in [0.4, 0.5) is 36.3 Å². The van der Waals surface area contributed by atoms with Crippen LogP contribution in [0, 0.1) is 0 Å². The monoisotopic (exact) mass is 438 g/mol. The zero-order valence-electron chi connectivity index (χ0n) is 17.7. The van der Waals surface area contributed by atoms with Gasteiger partial charge in [0.2, 0.25) is 11.9 Å². The van der Waals surface area contributed by atoms with E-state index in [-0.39, 0.29) is 24.3 Å². The average Bonchev–Trinajstić information content (AvgIpc) is 2.67. The van der Waals surface area contributed by atoms with E-state index in [0.29, 0.717) is 18.5 Å². The van der Waals surface area contributed by atoms with E-state index in [0.717, 1.165) is 17.4 Å². The molecule has 3 rings (SSSR count). The molecule has 8 nitrogen and oxygen atoms in total. The van der Waals surface area contributed by atoms with Crippen molar-refractivity contribution in [1.29, 1.82) is 0 Å². The van der Waals surface area contributed by atoms with E-state index in [2.05, 4.69) is 25.9 Å². The van der Waals surface area contributed by atoms with Crippen LogP contribution >= 0.6 is 0 Å². The predicted octanol–water partition coefficient (Wildman–Crippen LogP) is 3.46. The number of nitrogens with zero attached hydrogens (tertiary/aromatic N) is 3. The maximum absolute atomic E-state index is 13.6. The van der Waals surface area contributed by atoms with Gasteiger partial charge in [-0.05, 0) is 51.2 Å². The first kappa shape index (κ1) is 22.8. The molecule has 1 unspecified atom stereocenters. The molecule has 0 fully saturated rings. The number of likely N-dealkylation sites (N-methyl/N-ethyl adjacent to an activating group) is 1. The normalized spacial score (nSPS) is 15.8. The van der Waals surface area contributed by atoms with Gasteiger partial charge < -0.3 is 20.7 Å². The molecule has 1 aromatic carbocycles. The van der Waals surface area contributed by atoms with E-state index in [1.165, 1.54) is 7.11 Å². The third-order valence-corrected chi connectivity index (χ3v) is 5.15. The number of anilines is 4. The second kappa shape index (κ2) is 8.67. The second-order valence-corrected chi connectivity index (χ2v) is 7.73. The van der Waals surface area contributed by atoms with E-state index in [1.807, 2.05) is 6.07 Å². The Bertz CT molecular complexity index is 966. The Kier molecular flexibility index (Phi) is 6.37. The standard InChI is InChI=1S/C20H25F3N6O2/c1-19(11-31-4,29(2)3)28-17-14(20(21,22)23)10-24-18(27-17)25-13-6-7-15-12(9-13)5-8-16(30)26-15/h6-7,9-10H,5,8,11H2,1-4H3,(H,26,30)(H2,24,25,27,28). The first-order chi connectivity index (χ1) is 14.5. The lowest BCUT2D eigenvalue weighted by Crippen LogP contribution is -2.52. The van der Waals surface area contributed by atoms with E-state index in [4.69, 9.17) is 4.74 Å². The number of halogens is 3. The van der Waals surface area contributed by atoms with Gasteiger partial charge in [-0.25, -0.2) is 4.98 Å². The van der Waals surface area contributed by atoms with Crippen LogP contribution < -0.4 is 16.0 Å². The van der Waals surface area contributed by atoms with Crippen LogP contribution in [0.5, 0.6) is 0 Å². The summed E-state index contributed by atoms with van der Waals surface area (Å²) in [6.45, 7) is 1.84. The van der Waals surface area contributed by atoms with Crippen LogP contribution in [0.15, 0.2) is 24.4 Å². The van der Waals surface area contributed by atoms with Gasteiger partial charge in [-0.1, -0.05) is 0 Å². The zero-order valence-corrected chi connectivity index (χ0v) is 17.7. The quantitative estimate of drug-likeness (QED) is 0.571. The number of ether oxygens (including phenoxy) is 1. The molecule has 0 spiro atoms. The maximum Gasteiger partial charge on any atom is 0.421 e. The van der Waals surface area contributed by atoms with Gasteiger partial charge >= 0.3 is 6.18 Å². The number of methoxy groups -OCH3 is 1. The van der Waals surface area contributed by atoms with Crippen LogP contribution in [-0.4, -0.2) is 54.2 Å². The Morgan fingerprint density at radius 3 is 2.65 bits per heavy atom. The van der Waals surface area contributed by atoms with Crippen molar-refractivity contribution < 1.29 is 22.7 Å². The Hall–Kier alpha value is -2.92. The molecule has 0 bridgehead atoms. The molecule has 1 aliphatic rings. The Balaban J connectivity index is 1.92. The van der Waals surface area contributed by atoms with E-state index < -0.39 is 17.4 Å². The molecule has 1 amide bonds. The van der Waals surface area contributed by atoms with Gasteiger partial charge in [-0.3, -0.25) is 9.69 Å². The zero-order chi connectivity index (χ0) is 22.8. The molecule has 0 saturated carbocycles. The number of aryl methyl sites for hydroxylation is 1. The number of benzene rings is 1. The van der Waals surface area contributed by atoms with Gasteiger partial charge in [0.15, 0.2) is 0 Å². The van der Waals surface area contributed by atoms with E-state index in [9.17, 15) is 18.0 Å².